The first-order valence-electron chi connectivity index (χ1n) is 18.2. The lowest BCUT2D eigenvalue weighted by atomic mass is 9.95. The third-order valence-corrected chi connectivity index (χ3v) is 9.92. The van der Waals surface area contributed by atoms with Gasteiger partial charge < -0.3 is 15.4 Å². The van der Waals surface area contributed by atoms with Gasteiger partial charge in [-0.15, -0.1) is 5.10 Å². The minimum atomic E-state index is 0.493. The Morgan fingerprint density at radius 3 is 1.71 bits per heavy atom. The predicted octanol–water partition coefficient (Wildman–Crippen LogP) is 9.98. The van der Waals surface area contributed by atoms with Crippen molar-refractivity contribution in [2.24, 2.45) is 0 Å². The van der Waals surface area contributed by atoms with Gasteiger partial charge in [0.25, 0.3) is 0 Å². The highest BCUT2D eigenvalue weighted by Gasteiger charge is 2.26. The molecule has 0 spiro atoms. The zero-order chi connectivity index (χ0) is 37.3. The molecule has 0 amide bonds. The molecule has 0 saturated carbocycles. The molecule has 0 unspecified atom stereocenters. The molecule has 55 heavy (non-hydrogen) atoms. The molecule has 9 heteroatoms. The van der Waals surface area contributed by atoms with E-state index in [-0.39, 0.29) is 0 Å². The smallest absolute Gasteiger partial charge is 0.124 e. The number of para-hydroxylation sites is 2. The molecule has 2 heterocycles. The van der Waals surface area contributed by atoms with Crippen molar-refractivity contribution in [2.75, 3.05) is 17.7 Å². The molecule has 0 bridgehead atoms. The summed E-state index contributed by atoms with van der Waals surface area (Å²) in [7, 11) is 1.67. The average Bonchev–Trinajstić information content (AvgIpc) is 3.83. The molecule has 2 N–H and O–H groups in total. The summed E-state index contributed by atoms with van der Waals surface area (Å²) in [6, 6.07) is 53.8. The summed E-state index contributed by atoms with van der Waals surface area (Å²) in [6.07, 6.45) is 0. The molecule has 0 saturated heterocycles. The van der Waals surface area contributed by atoms with Gasteiger partial charge in [0.1, 0.15) is 22.3 Å². The standard InChI is InChI=1S/C46H38N8O/c1-31-13-15-33(16-14-31)30-53-49-43-41(34-21-25-39(26-22-34)54(37-9-5-3-6-10-37)38-11-7-4-8-12-38)45-46(42(44(43)50-53)35-19-23-36(47)24-20-35)52(51-48-45)29-32-17-27-40(55-2)28-18-32/h3-28H,29-30,47H2,1-2H3. The van der Waals surface area contributed by atoms with Crippen LogP contribution in [0.4, 0.5) is 22.7 Å². The lowest BCUT2D eigenvalue weighted by molar-refractivity contribution is 0.414. The van der Waals surface area contributed by atoms with Crippen LogP contribution in [0.2, 0.25) is 0 Å². The van der Waals surface area contributed by atoms with E-state index in [4.69, 9.17) is 31.0 Å². The summed E-state index contributed by atoms with van der Waals surface area (Å²) >= 11 is 0. The molecule has 0 aliphatic rings. The second-order valence-corrected chi connectivity index (χ2v) is 13.6. The van der Waals surface area contributed by atoms with Crippen molar-refractivity contribution in [2.45, 2.75) is 20.0 Å². The summed E-state index contributed by atoms with van der Waals surface area (Å²) in [5, 5.41) is 20.1. The van der Waals surface area contributed by atoms with Crippen LogP contribution >= 0.6 is 0 Å². The van der Waals surface area contributed by atoms with Crippen LogP contribution in [0.25, 0.3) is 44.3 Å². The predicted molar refractivity (Wildman–Crippen MR) is 221 cm³/mol. The SMILES string of the molecule is COc1ccc(Cn2nnc3c(-c4ccc(N(c5ccccc5)c5ccccc5)cc4)c4nn(Cc5ccc(C)cc5)nc4c(-c4ccc(N)cc4)c32)cc1. The number of methoxy groups -OCH3 is 1. The molecule has 9 rings (SSSR count). The maximum absolute atomic E-state index is 6.20. The van der Waals surface area contributed by atoms with Crippen LogP contribution in [0.5, 0.6) is 5.75 Å². The number of hydrogen-bond donors (Lipinski definition) is 1. The van der Waals surface area contributed by atoms with Crippen LogP contribution in [-0.4, -0.2) is 37.1 Å². The van der Waals surface area contributed by atoms with Crippen molar-refractivity contribution in [3.05, 3.63) is 174 Å². The van der Waals surface area contributed by atoms with Gasteiger partial charge in [0.15, 0.2) is 0 Å². The van der Waals surface area contributed by atoms with Gasteiger partial charge in [0, 0.05) is 33.9 Å². The molecule has 0 radical (unpaired) electrons. The zero-order valence-electron chi connectivity index (χ0n) is 30.5. The number of rotatable bonds is 10. The van der Waals surface area contributed by atoms with E-state index in [1.807, 2.05) is 53.2 Å². The van der Waals surface area contributed by atoms with Gasteiger partial charge >= 0.3 is 0 Å². The monoisotopic (exact) mass is 718 g/mol. The van der Waals surface area contributed by atoms with E-state index in [0.717, 1.165) is 78.3 Å². The minimum Gasteiger partial charge on any atom is -0.497 e. The maximum Gasteiger partial charge on any atom is 0.124 e. The molecule has 9 aromatic rings. The molecule has 0 fully saturated rings. The Kier molecular flexibility index (Phi) is 8.72. The molecular weight excluding hydrogens is 681 g/mol. The first kappa shape index (κ1) is 33.6. The van der Waals surface area contributed by atoms with Gasteiger partial charge in [0.05, 0.1) is 25.7 Å². The van der Waals surface area contributed by atoms with Crippen LogP contribution in [0.3, 0.4) is 0 Å². The fourth-order valence-corrected chi connectivity index (χ4v) is 7.16. The first-order chi connectivity index (χ1) is 27.0. The van der Waals surface area contributed by atoms with Crippen molar-refractivity contribution in [3.8, 4) is 28.0 Å². The van der Waals surface area contributed by atoms with E-state index < -0.39 is 0 Å². The highest BCUT2D eigenvalue weighted by Crippen LogP contribution is 2.43. The number of fused-ring (bicyclic) bond motifs is 2. The number of nitrogens with two attached hydrogens (primary N) is 1. The zero-order valence-corrected chi connectivity index (χ0v) is 30.5. The van der Waals surface area contributed by atoms with Crippen molar-refractivity contribution in [1.29, 1.82) is 0 Å². The summed E-state index contributed by atoms with van der Waals surface area (Å²) in [4.78, 5) is 4.04. The number of hydrogen-bond acceptors (Lipinski definition) is 7. The fourth-order valence-electron chi connectivity index (χ4n) is 7.16. The number of benzene rings is 7. The largest absolute Gasteiger partial charge is 0.497 e. The minimum absolute atomic E-state index is 0.493. The average molecular weight is 719 g/mol. The van der Waals surface area contributed by atoms with Crippen LogP contribution in [0.15, 0.2) is 158 Å². The number of nitrogens with zero attached hydrogens (tertiary/aromatic N) is 7. The molecule has 9 nitrogen and oxygen atoms in total. The molecule has 2 aromatic heterocycles. The molecule has 7 aromatic carbocycles. The summed E-state index contributed by atoms with van der Waals surface area (Å²) in [5.41, 5.74) is 20.2. The van der Waals surface area contributed by atoms with E-state index in [1.165, 1.54) is 5.56 Å². The topological polar surface area (TPSA) is 99.9 Å². The van der Waals surface area contributed by atoms with Gasteiger partial charge in [-0.3, -0.25) is 0 Å². The molecular formula is C46H38N8O. The summed E-state index contributed by atoms with van der Waals surface area (Å²) in [6.45, 7) is 3.10. The normalized spacial score (nSPS) is 11.3. The van der Waals surface area contributed by atoms with Crippen molar-refractivity contribution in [3.63, 3.8) is 0 Å². The Hall–Kier alpha value is -7.26. The molecule has 0 atom stereocenters. The second-order valence-electron chi connectivity index (χ2n) is 13.6. The lowest BCUT2D eigenvalue weighted by Crippen LogP contribution is -2.09. The van der Waals surface area contributed by atoms with Crippen LogP contribution in [0.1, 0.15) is 16.7 Å². The van der Waals surface area contributed by atoms with Gasteiger partial charge in [-0.25, -0.2) is 4.68 Å². The second kappa shape index (κ2) is 14.3. The number of ether oxygens (including phenoxy) is 1. The highest BCUT2D eigenvalue weighted by molar-refractivity contribution is 6.16. The fraction of sp³-hybridized carbons (Fsp3) is 0.0870. The van der Waals surface area contributed by atoms with E-state index in [1.54, 1.807) is 11.9 Å². The number of anilines is 4. The molecule has 268 valence electrons. The van der Waals surface area contributed by atoms with Crippen LogP contribution < -0.4 is 15.4 Å². The van der Waals surface area contributed by atoms with Gasteiger partial charge in [-0.05, 0) is 89.8 Å². The highest BCUT2D eigenvalue weighted by atomic mass is 16.5. The summed E-state index contributed by atoms with van der Waals surface area (Å²) in [5.74, 6) is 0.797. The molecule has 0 aliphatic heterocycles. The van der Waals surface area contributed by atoms with Crippen LogP contribution in [-0.2, 0) is 13.1 Å². The lowest BCUT2D eigenvalue weighted by Gasteiger charge is -2.25. The van der Waals surface area contributed by atoms with Crippen molar-refractivity contribution < 1.29 is 4.74 Å². The molecule has 0 aliphatic carbocycles. The Morgan fingerprint density at radius 1 is 0.564 bits per heavy atom. The van der Waals surface area contributed by atoms with E-state index in [9.17, 15) is 0 Å². The van der Waals surface area contributed by atoms with Crippen LogP contribution in [0, 0.1) is 6.92 Å². The first-order valence-corrected chi connectivity index (χ1v) is 18.2. The van der Waals surface area contributed by atoms with E-state index >= 15 is 0 Å². The number of aryl methyl sites for hydroxylation is 1. The quantitative estimate of drug-likeness (QED) is 0.141. The Balaban J connectivity index is 1.26. The number of nitrogen functional groups attached to an aromatic ring is 1. The van der Waals surface area contributed by atoms with Crippen molar-refractivity contribution >= 4 is 44.8 Å². The maximum atomic E-state index is 6.20. The van der Waals surface area contributed by atoms with Gasteiger partial charge in [-0.1, -0.05) is 108 Å². The Morgan fingerprint density at radius 2 is 1.09 bits per heavy atom. The third kappa shape index (κ3) is 6.53. The van der Waals surface area contributed by atoms with Gasteiger partial charge in [0.2, 0.25) is 0 Å². The van der Waals surface area contributed by atoms with Gasteiger partial charge in [-0.2, -0.15) is 15.0 Å². The Bertz CT molecular complexity index is 2680. The Labute approximate surface area is 318 Å². The summed E-state index contributed by atoms with van der Waals surface area (Å²) < 4.78 is 7.40. The van der Waals surface area contributed by atoms with Crippen molar-refractivity contribution in [1.82, 2.24) is 30.0 Å². The van der Waals surface area contributed by atoms with E-state index in [2.05, 4.69) is 121 Å². The van der Waals surface area contributed by atoms with E-state index in [0.29, 0.717) is 18.8 Å². The third-order valence-electron chi connectivity index (χ3n) is 9.92. The number of aromatic nitrogens is 6.